The van der Waals surface area contributed by atoms with Crippen LogP contribution in [0.2, 0.25) is 5.15 Å². The van der Waals surface area contributed by atoms with Crippen LogP contribution in [0.25, 0.3) is 11.3 Å². The molecule has 0 bridgehead atoms. The van der Waals surface area contributed by atoms with E-state index in [9.17, 15) is 18.3 Å². The number of rotatable bonds is 3. The molecule has 5 nitrogen and oxygen atoms in total. The molecule has 2 N–H and O–H groups in total. The van der Waals surface area contributed by atoms with E-state index in [4.69, 9.17) is 11.6 Å². The zero-order chi connectivity index (χ0) is 18.9. The first-order valence-corrected chi connectivity index (χ1v) is 8.56. The summed E-state index contributed by atoms with van der Waals surface area (Å²) in [5.41, 5.74) is -0.284. The molecule has 3 rings (SSSR count). The highest BCUT2D eigenvalue weighted by molar-refractivity contribution is 6.29. The Morgan fingerprint density at radius 1 is 1.15 bits per heavy atom. The van der Waals surface area contributed by atoms with Gasteiger partial charge in [-0.3, -0.25) is 4.98 Å². The highest BCUT2D eigenvalue weighted by Crippen LogP contribution is 2.34. The molecule has 1 fully saturated rings. The first-order valence-electron chi connectivity index (χ1n) is 8.18. The summed E-state index contributed by atoms with van der Waals surface area (Å²) in [6.07, 6.45) is 1.56. The van der Waals surface area contributed by atoms with Crippen LogP contribution in [-0.2, 0) is 6.18 Å². The number of nitrogens with one attached hydrogen (secondary N) is 1. The van der Waals surface area contributed by atoms with Crippen LogP contribution < -0.4 is 5.32 Å². The van der Waals surface area contributed by atoms with Crippen molar-refractivity contribution in [2.75, 3.05) is 5.32 Å². The maximum atomic E-state index is 12.7. The van der Waals surface area contributed by atoms with Crippen LogP contribution in [0.4, 0.5) is 18.9 Å². The number of anilines is 1. The van der Waals surface area contributed by atoms with Crippen molar-refractivity contribution in [3.63, 3.8) is 0 Å². The normalized spacial score (nSPS) is 23.7. The van der Waals surface area contributed by atoms with Gasteiger partial charge in [-0.15, -0.1) is 0 Å². The topological polar surface area (TPSA) is 70.9 Å². The molecule has 1 saturated carbocycles. The zero-order valence-corrected chi connectivity index (χ0v) is 14.8. The van der Waals surface area contributed by atoms with Gasteiger partial charge in [0.25, 0.3) is 0 Å². The number of hydrogen-bond acceptors (Lipinski definition) is 5. The fraction of sp³-hybridized carbons (Fsp3) is 0.471. The van der Waals surface area contributed by atoms with E-state index >= 15 is 0 Å². The van der Waals surface area contributed by atoms with Crippen molar-refractivity contribution in [2.45, 2.75) is 50.4 Å². The van der Waals surface area contributed by atoms with Crippen LogP contribution in [0.3, 0.4) is 0 Å². The Morgan fingerprint density at radius 3 is 2.42 bits per heavy atom. The van der Waals surface area contributed by atoms with E-state index in [2.05, 4.69) is 20.3 Å². The Labute approximate surface area is 153 Å². The van der Waals surface area contributed by atoms with Crippen LogP contribution >= 0.6 is 11.6 Å². The molecule has 1 aliphatic rings. The molecule has 9 heteroatoms. The van der Waals surface area contributed by atoms with E-state index in [0.717, 1.165) is 19.0 Å². The lowest BCUT2D eigenvalue weighted by Gasteiger charge is -2.34. The summed E-state index contributed by atoms with van der Waals surface area (Å²) >= 11 is 5.98. The van der Waals surface area contributed by atoms with Gasteiger partial charge in [0.1, 0.15) is 5.15 Å². The molecule has 2 aromatic heterocycles. The zero-order valence-electron chi connectivity index (χ0n) is 14.0. The molecule has 0 radical (unpaired) electrons. The second-order valence-electron chi connectivity index (χ2n) is 6.75. The number of halogens is 4. The number of nitrogens with zero attached hydrogens (tertiary/aromatic N) is 3. The Balaban J connectivity index is 1.84. The standard InChI is InChI=1S/C17H18ClF3N4O/c1-16(26)4-2-10(3-5-16)25-12-6-15(18)24-7-11(12)13-8-23-14(9-22-13)17(19,20)21/h6-10,26H,2-5H2,1H3,(H,24,25). The number of hydrogen-bond donors (Lipinski definition) is 2. The molecule has 2 heterocycles. The summed E-state index contributed by atoms with van der Waals surface area (Å²) in [6.45, 7) is 1.82. The number of pyridine rings is 1. The van der Waals surface area contributed by atoms with Crippen molar-refractivity contribution in [3.05, 3.63) is 35.5 Å². The quantitative estimate of drug-likeness (QED) is 0.769. The minimum Gasteiger partial charge on any atom is -0.390 e. The van der Waals surface area contributed by atoms with E-state index in [-0.39, 0.29) is 16.9 Å². The highest BCUT2D eigenvalue weighted by Gasteiger charge is 2.33. The van der Waals surface area contributed by atoms with E-state index < -0.39 is 17.5 Å². The molecule has 0 atom stereocenters. The monoisotopic (exact) mass is 386 g/mol. The highest BCUT2D eigenvalue weighted by atomic mass is 35.5. The molecule has 0 saturated heterocycles. The Morgan fingerprint density at radius 2 is 1.85 bits per heavy atom. The summed E-state index contributed by atoms with van der Waals surface area (Å²) in [5, 5.41) is 13.7. The largest absolute Gasteiger partial charge is 0.434 e. The Bertz CT molecular complexity index is 771. The average Bonchev–Trinajstić information content (AvgIpc) is 2.56. The number of aromatic nitrogens is 3. The molecule has 2 aromatic rings. The van der Waals surface area contributed by atoms with Crippen molar-refractivity contribution in [3.8, 4) is 11.3 Å². The molecule has 1 aliphatic carbocycles. The van der Waals surface area contributed by atoms with Crippen molar-refractivity contribution in [1.82, 2.24) is 15.0 Å². The smallest absolute Gasteiger partial charge is 0.390 e. The SMILES string of the molecule is CC1(O)CCC(Nc2cc(Cl)ncc2-c2cnc(C(F)(F)F)cn2)CC1. The minimum absolute atomic E-state index is 0.120. The predicted octanol–water partition coefficient (Wildman–Crippen LogP) is 4.32. The number of aliphatic hydroxyl groups is 1. The second kappa shape index (κ2) is 7.00. The van der Waals surface area contributed by atoms with Gasteiger partial charge in [-0.05, 0) is 38.7 Å². The Kier molecular flexibility index (Phi) is 5.07. The second-order valence-corrected chi connectivity index (χ2v) is 7.14. The molecule has 0 aliphatic heterocycles. The van der Waals surface area contributed by atoms with Gasteiger partial charge in [0.15, 0.2) is 5.69 Å². The van der Waals surface area contributed by atoms with Gasteiger partial charge in [0.05, 0.1) is 23.7 Å². The third kappa shape index (κ3) is 4.42. The van der Waals surface area contributed by atoms with Crippen LogP contribution in [0.5, 0.6) is 0 Å². The lowest BCUT2D eigenvalue weighted by molar-refractivity contribution is -0.141. The Hall–Kier alpha value is -1.93. The molecule has 0 amide bonds. The first-order chi connectivity index (χ1) is 12.1. The van der Waals surface area contributed by atoms with E-state index in [1.165, 1.54) is 6.20 Å². The average molecular weight is 387 g/mol. The summed E-state index contributed by atoms with van der Waals surface area (Å²) < 4.78 is 38.0. The lowest BCUT2D eigenvalue weighted by Crippen LogP contribution is -2.35. The summed E-state index contributed by atoms with van der Waals surface area (Å²) in [6, 6.07) is 1.73. The minimum atomic E-state index is -4.54. The molecule has 0 spiro atoms. The lowest BCUT2D eigenvalue weighted by atomic mass is 9.83. The molecular weight excluding hydrogens is 369 g/mol. The molecule has 26 heavy (non-hydrogen) atoms. The van der Waals surface area contributed by atoms with Gasteiger partial charge in [0.2, 0.25) is 0 Å². The maximum Gasteiger partial charge on any atom is 0.434 e. The fourth-order valence-electron chi connectivity index (χ4n) is 2.97. The van der Waals surface area contributed by atoms with Gasteiger partial charge in [-0.1, -0.05) is 11.6 Å². The molecule has 140 valence electrons. The predicted molar refractivity (Wildman–Crippen MR) is 91.8 cm³/mol. The molecule has 0 aromatic carbocycles. The fourth-order valence-corrected chi connectivity index (χ4v) is 3.13. The van der Waals surface area contributed by atoms with Crippen LogP contribution in [-0.4, -0.2) is 31.7 Å². The summed E-state index contributed by atoms with van der Waals surface area (Å²) in [4.78, 5) is 11.3. The molecule has 0 unspecified atom stereocenters. The van der Waals surface area contributed by atoms with Crippen LogP contribution in [0.1, 0.15) is 38.3 Å². The van der Waals surface area contributed by atoms with E-state index in [1.807, 2.05) is 6.92 Å². The van der Waals surface area contributed by atoms with Crippen LogP contribution in [0, 0.1) is 0 Å². The van der Waals surface area contributed by atoms with Gasteiger partial charge in [-0.25, -0.2) is 9.97 Å². The van der Waals surface area contributed by atoms with Crippen molar-refractivity contribution < 1.29 is 18.3 Å². The van der Waals surface area contributed by atoms with E-state index in [1.54, 1.807) is 6.07 Å². The van der Waals surface area contributed by atoms with Gasteiger partial charge in [-0.2, -0.15) is 13.2 Å². The third-order valence-electron chi connectivity index (χ3n) is 4.51. The van der Waals surface area contributed by atoms with E-state index in [0.29, 0.717) is 30.3 Å². The summed E-state index contributed by atoms with van der Waals surface area (Å²) in [5.74, 6) is 0. The first kappa shape index (κ1) is 18.8. The van der Waals surface area contributed by atoms with Gasteiger partial charge in [0, 0.05) is 23.5 Å². The maximum absolute atomic E-state index is 12.7. The van der Waals surface area contributed by atoms with Gasteiger partial charge >= 0.3 is 6.18 Å². The van der Waals surface area contributed by atoms with Crippen molar-refractivity contribution in [2.24, 2.45) is 0 Å². The van der Waals surface area contributed by atoms with Crippen LogP contribution in [0.15, 0.2) is 24.7 Å². The third-order valence-corrected chi connectivity index (χ3v) is 4.72. The number of alkyl halides is 3. The molecular formula is C17H18ClF3N4O. The summed E-state index contributed by atoms with van der Waals surface area (Å²) in [7, 11) is 0. The van der Waals surface area contributed by atoms with Crippen molar-refractivity contribution >= 4 is 17.3 Å². The van der Waals surface area contributed by atoms with Gasteiger partial charge < -0.3 is 10.4 Å². The van der Waals surface area contributed by atoms with Crippen molar-refractivity contribution in [1.29, 1.82) is 0 Å².